The molecule has 5 rings (SSSR count). The van der Waals surface area contributed by atoms with Crippen molar-refractivity contribution in [2.45, 2.75) is 19.9 Å². The summed E-state index contributed by atoms with van der Waals surface area (Å²) in [4.78, 5) is 32.7. The minimum absolute atomic E-state index is 0.0292. The van der Waals surface area contributed by atoms with Crippen molar-refractivity contribution in [2.24, 2.45) is 5.92 Å². The number of imidazole rings is 1. The number of benzene rings is 2. The van der Waals surface area contributed by atoms with Crippen LogP contribution < -0.4 is 5.32 Å². The SMILES string of the molecule is Cc1ccc(CN2CC(C(=O)Nc3c(-c4ccc(F)cc4)nc4sccn34)CC2=O)cc1. The monoisotopic (exact) mass is 448 g/mol. The minimum atomic E-state index is -0.446. The lowest BCUT2D eigenvalue weighted by atomic mass is 10.1. The van der Waals surface area contributed by atoms with Crippen LogP contribution in [0.1, 0.15) is 17.5 Å². The quantitative estimate of drug-likeness (QED) is 0.489. The molecule has 1 aliphatic rings. The number of aryl methyl sites for hydroxylation is 1. The van der Waals surface area contributed by atoms with Gasteiger partial charge in [0.25, 0.3) is 0 Å². The predicted molar refractivity (Wildman–Crippen MR) is 122 cm³/mol. The van der Waals surface area contributed by atoms with E-state index in [1.54, 1.807) is 17.0 Å². The zero-order valence-corrected chi connectivity index (χ0v) is 18.2. The van der Waals surface area contributed by atoms with E-state index >= 15 is 0 Å². The summed E-state index contributed by atoms with van der Waals surface area (Å²) in [5.74, 6) is -0.501. The number of nitrogens with zero attached hydrogens (tertiary/aromatic N) is 3. The molecule has 0 spiro atoms. The van der Waals surface area contributed by atoms with E-state index in [0.29, 0.717) is 30.2 Å². The molecule has 3 heterocycles. The molecule has 1 aliphatic heterocycles. The van der Waals surface area contributed by atoms with Crippen molar-refractivity contribution < 1.29 is 14.0 Å². The first kappa shape index (κ1) is 20.4. The first-order chi connectivity index (χ1) is 15.5. The number of rotatable bonds is 5. The normalized spacial score (nSPS) is 16.1. The van der Waals surface area contributed by atoms with Gasteiger partial charge in [-0.15, -0.1) is 11.3 Å². The third-order valence-corrected chi connectivity index (χ3v) is 6.46. The van der Waals surface area contributed by atoms with Crippen molar-refractivity contribution in [3.05, 3.63) is 77.1 Å². The van der Waals surface area contributed by atoms with E-state index in [0.717, 1.165) is 16.1 Å². The van der Waals surface area contributed by atoms with E-state index in [-0.39, 0.29) is 24.1 Å². The Morgan fingerprint density at radius 3 is 2.69 bits per heavy atom. The van der Waals surface area contributed by atoms with Gasteiger partial charge in [-0.2, -0.15) is 0 Å². The standard InChI is InChI=1S/C24H21FN4O2S/c1-15-2-4-16(5-3-15)13-28-14-18(12-20(28)30)23(31)27-22-21(17-6-8-19(25)9-7-17)26-24-29(22)10-11-32-24/h2-11,18H,12-14H2,1H3,(H,27,31). The molecule has 2 aromatic heterocycles. The Balaban J connectivity index is 1.35. The Kier molecular flexibility index (Phi) is 5.22. The van der Waals surface area contributed by atoms with E-state index < -0.39 is 5.92 Å². The van der Waals surface area contributed by atoms with Crippen LogP contribution >= 0.6 is 11.3 Å². The van der Waals surface area contributed by atoms with Gasteiger partial charge in [0.1, 0.15) is 17.3 Å². The summed E-state index contributed by atoms with van der Waals surface area (Å²) in [6, 6.07) is 14.1. The van der Waals surface area contributed by atoms with Gasteiger partial charge >= 0.3 is 0 Å². The average molecular weight is 449 g/mol. The second-order valence-corrected chi connectivity index (χ2v) is 8.89. The number of nitrogens with one attached hydrogen (secondary N) is 1. The van der Waals surface area contributed by atoms with Crippen molar-refractivity contribution in [3.8, 4) is 11.3 Å². The lowest BCUT2D eigenvalue weighted by Crippen LogP contribution is -2.28. The van der Waals surface area contributed by atoms with E-state index in [2.05, 4.69) is 10.3 Å². The van der Waals surface area contributed by atoms with Crippen molar-refractivity contribution in [2.75, 3.05) is 11.9 Å². The molecule has 1 atom stereocenters. The topological polar surface area (TPSA) is 66.7 Å². The molecule has 1 unspecified atom stereocenters. The highest BCUT2D eigenvalue weighted by atomic mass is 32.1. The van der Waals surface area contributed by atoms with Gasteiger partial charge in [0, 0.05) is 36.7 Å². The molecule has 1 fully saturated rings. The average Bonchev–Trinajstić information content (AvgIpc) is 3.47. The maximum Gasteiger partial charge on any atom is 0.230 e. The number of hydrogen-bond donors (Lipinski definition) is 1. The van der Waals surface area contributed by atoms with Crippen LogP contribution in [0.25, 0.3) is 16.2 Å². The summed E-state index contributed by atoms with van der Waals surface area (Å²) < 4.78 is 15.2. The molecule has 4 aromatic rings. The Bertz CT molecular complexity index is 1290. The molecular formula is C24H21FN4O2S. The molecule has 1 saturated heterocycles. The van der Waals surface area contributed by atoms with Crippen LogP contribution in [0, 0.1) is 18.7 Å². The number of amides is 2. The lowest BCUT2D eigenvalue weighted by Gasteiger charge is -2.17. The zero-order valence-electron chi connectivity index (χ0n) is 17.4. The Labute approximate surface area is 188 Å². The third kappa shape index (κ3) is 3.89. The first-order valence-electron chi connectivity index (χ1n) is 10.3. The minimum Gasteiger partial charge on any atom is -0.338 e. The van der Waals surface area contributed by atoms with Gasteiger partial charge in [-0.1, -0.05) is 29.8 Å². The molecule has 6 nitrogen and oxygen atoms in total. The number of halogens is 1. The fourth-order valence-electron chi connectivity index (χ4n) is 3.95. The van der Waals surface area contributed by atoms with Gasteiger partial charge in [0.05, 0.1) is 5.92 Å². The molecule has 1 N–H and O–H groups in total. The number of fused-ring (bicyclic) bond motifs is 1. The van der Waals surface area contributed by atoms with E-state index in [9.17, 15) is 14.0 Å². The zero-order chi connectivity index (χ0) is 22.2. The molecular weight excluding hydrogens is 427 g/mol. The number of aromatic nitrogens is 2. The van der Waals surface area contributed by atoms with Crippen molar-refractivity contribution in [1.29, 1.82) is 0 Å². The molecule has 2 aromatic carbocycles. The molecule has 32 heavy (non-hydrogen) atoms. The number of anilines is 1. The summed E-state index contributed by atoms with van der Waals surface area (Å²) in [5, 5.41) is 4.87. The molecule has 0 radical (unpaired) electrons. The third-order valence-electron chi connectivity index (χ3n) is 5.70. The van der Waals surface area contributed by atoms with Gasteiger partial charge in [0.15, 0.2) is 4.96 Å². The van der Waals surface area contributed by atoms with Crippen LogP contribution in [-0.2, 0) is 16.1 Å². The Morgan fingerprint density at radius 1 is 1.19 bits per heavy atom. The Morgan fingerprint density at radius 2 is 1.94 bits per heavy atom. The largest absolute Gasteiger partial charge is 0.338 e. The number of carbonyl (C=O) groups excluding carboxylic acids is 2. The number of hydrogen-bond acceptors (Lipinski definition) is 4. The molecule has 8 heteroatoms. The van der Waals surface area contributed by atoms with Gasteiger partial charge < -0.3 is 10.2 Å². The maximum atomic E-state index is 13.4. The fourth-order valence-corrected chi connectivity index (χ4v) is 4.66. The Hall–Kier alpha value is -3.52. The lowest BCUT2D eigenvalue weighted by molar-refractivity contribution is -0.128. The summed E-state index contributed by atoms with van der Waals surface area (Å²) >= 11 is 1.45. The van der Waals surface area contributed by atoms with Crippen LogP contribution in [-0.4, -0.2) is 32.6 Å². The number of likely N-dealkylation sites (tertiary alicyclic amines) is 1. The van der Waals surface area contributed by atoms with E-state index in [1.165, 1.54) is 23.5 Å². The first-order valence-corrected chi connectivity index (χ1v) is 11.2. The van der Waals surface area contributed by atoms with Gasteiger partial charge in [-0.25, -0.2) is 9.37 Å². The number of carbonyl (C=O) groups is 2. The maximum absolute atomic E-state index is 13.4. The molecule has 2 amide bonds. The highest BCUT2D eigenvalue weighted by Gasteiger charge is 2.35. The van der Waals surface area contributed by atoms with Crippen LogP contribution in [0.2, 0.25) is 0 Å². The molecule has 0 aliphatic carbocycles. The van der Waals surface area contributed by atoms with Crippen molar-refractivity contribution >= 4 is 33.9 Å². The van der Waals surface area contributed by atoms with Gasteiger partial charge in [0.2, 0.25) is 11.8 Å². The molecule has 162 valence electrons. The molecule has 0 saturated carbocycles. The van der Waals surface area contributed by atoms with Crippen LogP contribution in [0.5, 0.6) is 0 Å². The van der Waals surface area contributed by atoms with Gasteiger partial charge in [-0.3, -0.25) is 14.0 Å². The van der Waals surface area contributed by atoms with Crippen LogP contribution in [0.3, 0.4) is 0 Å². The smallest absolute Gasteiger partial charge is 0.230 e. The predicted octanol–water partition coefficient (Wildman–Crippen LogP) is 4.50. The summed E-state index contributed by atoms with van der Waals surface area (Å²) in [6.07, 6.45) is 2.01. The molecule has 0 bridgehead atoms. The second-order valence-electron chi connectivity index (χ2n) is 8.02. The highest BCUT2D eigenvalue weighted by Crippen LogP contribution is 2.32. The summed E-state index contributed by atoms with van der Waals surface area (Å²) in [5.41, 5.74) is 3.49. The highest BCUT2D eigenvalue weighted by molar-refractivity contribution is 7.15. The van der Waals surface area contributed by atoms with Gasteiger partial charge in [-0.05, 0) is 36.8 Å². The number of thiazole rings is 1. The van der Waals surface area contributed by atoms with Crippen molar-refractivity contribution in [3.63, 3.8) is 0 Å². The second kappa shape index (κ2) is 8.20. The van der Waals surface area contributed by atoms with E-state index in [1.807, 2.05) is 47.2 Å². The fraction of sp³-hybridized carbons (Fsp3) is 0.208. The summed E-state index contributed by atoms with van der Waals surface area (Å²) in [7, 11) is 0. The van der Waals surface area contributed by atoms with E-state index in [4.69, 9.17) is 0 Å². The van der Waals surface area contributed by atoms with Crippen molar-refractivity contribution in [1.82, 2.24) is 14.3 Å². The summed E-state index contributed by atoms with van der Waals surface area (Å²) in [6.45, 7) is 2.88. The van der Waals surface area contributed by atoms with Crippen LogP contribution in [0.15, 0.2) is 60.1 Å². The van der Waals surface area contributed by atoms with Crippen LogP contribution in [0.4, 0.5) is 10.2 Å².